The summed E-state index contributed by atoms with van der Waals surface area (Å²) in [4.78, 5) is 17.2. The minimum atomic E-state index is -0.529. The van der Waals surface area contributed by atoms with E-state index >= 15 is 0 Å². The Hall–Kier alpha value is -3.26. The molecule has 1 amide bonds. The highest BCUT2D eigenvalue weighted by molar-refractivity contribution is 5.69. The summed E-state index contributed by atoms with van der Waals surface area (Å²) < 4.78 is 11.7. The normalized spacial score (nSPS) is 19.1. The predicted octanol–water partition coefficient (Wildman–Crippen LogP) is 4.13. The lowest BCUT2D eigenvalue weighted by molar-refractivity contribution is 0.140. The minimum Gasteiger partial charge on any atom is -0.489 e. The molecule has 0 bridgehead atoms. The molecule has 2 saturated carbocycles. The molecule has 3 aliphatic carbocycles. The van der Waals surface area contributed by atoms with Gasteiger partial charge in [0.05, 0.1) is 35.4 Å². The van der Waals surface area contributed by atoms with Gasteiger partial charge in [-0.15, -0.1) is 0 Å². The quantitative estimate of drug-likeness (QED) is 0.360. The first-order valence-electron chi connectivity index (χ1n) is 12.6. The van der Waals surface area contributed by atoms with Crippen molar-refractivity contribution in [3.05, 3.63) is 65.7 Å². The first-order valence-corrected chi connectivity index (χ1v) is 12.6. The second-order valence-corrected chi connectivity index (χ2v) is 9.47. The van der Waals surface area contributed by atoms with Crippen LogP contribution in [0.4, 0.5) is 4.79 Å². The Labute approximate surface area is 207 Å². The van der Waals surface area contributed by atoms with Gasteiger partial charge in [-0.25, -0.2) is 15.6 Å². The number of aromatic nitrogens is 1. The number of hydrogen-bond acceptors (Lipinski definition) is 7. The lowest BCUT2D eigenvalue weighted by Gasteiger charge is -2.24. The molecule has 0 unspecified atom stereocenters. The van der Waals surface area contributed by atoms with Gasteiger partial charge in [-0.05, 0) is 50.7 Å². The zero-order chi connectivity index (χ0) is 24.6. The standard InChI is InChI=1S/C27H37N5O3/c1-32(29)23(17-30-27(33)34-18-19-9-5-2-3-6-10-19)25(28)22-15-16-24(26(31-22)20-13-14-20)35-21-11-7-4-8-12-21/h2-3,5-6,9-10,15-16,19-21H,4,7-8,11-14,17-18,28-29H2,1H3,(H,30,33)/b25-23-. The number of pyridine rings is 1. The van der Waals surface area contributed by atoms with Gasteiger partial charge in [0.25, 0.3) is 0 Å². The monoisotopic (exact) mass is 479 g/mol. The zero-order valence-corrected chi connectivity index (χ0v) is 20.5. The fourth-order valence-corrected chi connectivity index (χ4v) is 4.38. The average Bonchev–Trinajstić information content (AvgIpc) is 3.71. The number of nitrogens with zero attached hydrogens (tertiary/aromatic N) is 2. The Kier molecular flexibility index (Phi) is 8.47. The van der Waals surface area contributed by atoms with Gasteiger partial charge in [0, 0.05) is 18.9 Å². The largest absolute Gasteiger partial charge is 0.489 e. The third-order valence-corrected chi connectivity index (χ3v) is 6.57. The number of nitrogens with two attached hydrogens (primary N) is 2. The third kappa shape index (κ3) is 7.11. The van der Waals surface area contributed by atoms with E-state index in [-0.39, 0.29) is 25.2 Å². The Bertz CT molecular complexity index is 988. The average molecular weight is 480 g/mol. The number of carbonyl (C=O) groups is 1. The molecule has 0 aromatic carbocycles. The maximum absolute atomic E-state index is 12.3. The smallest absolute Gasteiger partial charge is 0.407 e. The maximum atomic E-state index is 12.3. The van der Waals surface area contributed by atoms with E-state index in [0.717, 1.165) is 37.1 Å². The summed E-state index contributed by atoms with van der Waals surface area (Å²) in [6, 6.07) is 3.86. The van der Waals surface area contributed by atoms with Crippen LogP contribution in [-0.4, -0.2) is 42.4 Å². The highest BCUT2D eigenvalue weighted by atomic mass is 16.5. The van der Waals surface area contributed by atoms with Crippen molar-refractivity contribution in [3.8, 4) is 5.75 Å². The van der Waals surface area contributed by atoms with Crippen molar-refractivity contribution in [3.63, 3.8) is 0 Å². The van der Waals surface area contributed by atoms with E-state index in [2.05, 4.69) is 5.32 Å². The number of rotatable bonds is 9. The van der Waals surface area contributed by atoms with Gasteiger partial charge < -0.3 is 25.5 Å². The maximum Gasteiger partial charge on any atom is 0.407 e. The van der Waals surface area contributed by atoms with Gasteiger partial charge in [-0.1, -0.05) is 42.9 Å². The number of likely N-dealkylation sites (N-methyl/N-ethyl adjacent to an activating group) is 1. The molecule has 8 heteroatoms. The molecule has 0 atom stereocenters. The minimum absolute atomic E-state index is 0.0346. The summed E-state index contributed by atoms with van der Waals surface area (Å²) in [5, 5.41) is 4.15. The van der Waals surface area contributed by atoms with E-state index in [1.54, 1.807) is 7.05 Å². The number of allylic oxidation sites excluding steroid dienone is 4. The molecule has 1 aromatic heterocycles. The van der Waals surface area contributed by atoms with Crippen LogP contribution in [0.25, 0.3) is 5.70 Å². The van der Waals surface area contributed by atoms with Gasteiger partial charge >= 0.3 is 6.09 Å². The van der Waals surface area contributed by atoms with Crippen LogP contribution in [-0.2, 0) is 4.74 Å². The van der Waals surface area contributed by atoms with E-state index in [1.165, 1.54) is 24.3 Å². The molecule has 8 nitrogen and oxygen atoms in total. The van der Waals surface area contributed by atoms with E-state index in [1.807, 2.05) is 48.6 Å². The summed E-state index contributed by atoms with van der Waals surface area (Å²) >= 11 is 0. The Morgan fingerprint density at radius 1 is 1.09 bits per heavy atom. The van der Waals surface area contributed by atoms with Crippen LogP contribution in [0, 0.1) is 5.92 Å². The summed E-state index contributed by atoms with van der Waals surface area (Å²) in [5.41, 5.74) is 9.07. The zero-order valence-electron chi connectivity index (χ0n) is 20.5. The molecule has 5 N–H and O–H groups in total. The topological polar surface area (TPSA) is 116 Å². The lowest BCUT2D eigenvalue weighted by atomic mass is 9.98. The van der Waals surface area contributed by atoms with E-state index in [9.17, 15) is 4.79 Å². The lowest BCUT2D eigenvalue weighted by Crippen LogP contribution is -2.37. The second-order valence-electron chi connectivity index (χ2n) is 9.47. The number of ether oxygens (including phenoxy) is 2. The summed E-state index contributed by atoms with van der Waals surface area (Å²) in [7, 11) is 1.69. The first kappa shape index (κ1) is 24.9. The number of nitrogens with one attached hydrogen (secondary N) is 1. The molecule has 0 saturated heterocycles. The van der Waals surface area contributed by atoms with Crippen LogP contribution >= 0.6 is 0 Å². The Balaban J connectivity index is 1.41. The van der Waals surface area contributed by atoms with E-state index in [0.29, 0.717) is 23.0 Å². The first-order chi connectivity index (χ1) is 17.0. The third-order valence-electron chi connectivity index (χ3n) is 6.57. The fourth-order valence-electron chi connectivity index (χ4n) is 4.38. The van der Waals surface area contributed by atoms with Crippen molar-refractivity contribution in [2.75, 3.05) is 20.2 Å². The molecule has 2 fully saturated rings. The molecule has 3 aliphatic rings. The molecule has 35 heavy (non-hydrogen) atoms. The number of carbonyl (C=O) groups excluding carboxylic acids is 1. The molecular weight excluding hydrogens is 442 g/mol. The summed E-state index contributed by atoms with van der Waals surface area (Å²) in [6.45, 7) is 0.374. The molecule has 188 valence electrons. The van der Waals surface area contributed by atoms with Gasteiger partial charge in [-0.3, -0.25) is 0 Å². The van der Waals surface area contributed by atoms with Crippen LogP contribution in [0.2, 0.25) is 0 Å². The van der Waals surface area contributed by atoms with Gasteiger partial charge in [0.1, 0.15) is 12.4 Å². The van der Waals surface area contributed by atoms with Crippen LogP contribution in [0.3, 0.4) is 0 Å². The molecule has 0 spiro atoms. The summed E-state index contributed by atoms with van der Waals surface area (Å²) in [5.74, 6) is 7.38. The summed E-state index contributed by atoms with van der Waals surface area (Å²) in [6.07, 6.45) is 19.6. The van der Waals surface area contributed by atoms with Gasteiger partial charge in [0.2, 0.25) is 0 Å². The van der Waals surface area contributed by atoms with Crippen molar-refractivity contribution >= 4 is 11.8 Å². The van der Waals surface area contributed by atoms with Gasteiger partial charge in [0.15, 0.2) is 0 Å². The number of alkyl carbamates (subject to hydrolysis) is 1. The van der Waals surface area contributed by atoms with Crippen LogP contribution in [0.1, 0.15) is 62.3 Å². The molecule has 4 rings (SSSR count). The number of hydrazine groups is 1. The van der Waals surface area contributed by atoms with Crippen LogP contribution < -0.4 is 21.6 Å². The Morgan fingerprint density at radius 2 is 1.80 bits per heavy atom. The molecule has 0 aliphatic heterocycles. The highest BCUT2D eigenvalue weighted by Gasteiger charge is 2.30. The molecule has 0 radical (unpaired) electrons. The SMILES string of the molecule is CN(N)/C(CNC(=O)OCC1C=CC=CC=C1)=C(\N)c1ccc(OC2CCCCC2)c(C2CC2)n1. The van der Waals surface area contributed by atoms with Crippen molar-refractivity contribution in [2.45, 2.75) is 57.0 Å². The van der Waals surface area contributed by atoms with Crippen LogP contribution in [0.15, 0.2) is 54.3 Å². The van der Waals surface area contributed by atoms with E-state index in [4.69, 9.17) is 26.0 Å². The molecular formula is C27H37N5O3. The Morgan fingerprint density at radius 3 is 2.46 bits per heavy atom. The fraction of sp³-hybridized carbons (Fsp3) is 0.481. The van der Waals surface area contributed by atoms with Crippen molar-refractivity contribution in [1.82, 2.24) is 15.3 Å². The predicted molar refractivity (Wildman–Crippen MR) is 137 cm³/mol. The van der Waals surface area contributed by atoms with Crippen LogP contribution in [0.5, 0.6) is 5.75 Å². The number of amides is 1. The second kappa shape index (κ2) is 11.9. The van der Waals surface area contributed by atoms with E-state index < -0.39 is 6.09 Å². The number of hydrogen-bond donors (Lipinski definition) is 3. The molecule has 1 heterocycles. The van der Waals surface area contributed by atoms with Crippen molar-refractivity contribution < 1.29 is 14.3 Å². The van der Waals surface area contributed by atoms with Crippen molar-refractivity contribution in [1.29, 1.82) is 0 Å². The highest BCUT2D eigenvalue weighted by Crippen LogP contribution is 2.44. The van der Waals surface area contributed by atoms with Crippen molar-refractivity contribution in [2.24, 2.45) is 17.5 Å². The molecule has 1 aromatic rings. The van der Waals surface area contributed by atoms with Gasteiger partial charge in [-0.2, -0.15) is 0 Å².